The molecule has 7 nitrogen and oxygen atoms in total. The third-order valence-corrected chi connectivity index (χ3v) is 7.36. The summed E-state index contributed by atoms with van der Waals surface area (Å²) in [6.07, 6.45) is 1.38. The Bertz CT molecular complexity index is 903. The molecule has 4 rings (SSSR count). The van der Waals surface area contributed by atoms with Crippen molar-refractivity contribution < 1.29 is 22.5 Å². The van der Waals surface area contributed by atoms with E-state index in [1.54, 1.807) is 12.1 Å². The van der Waals surface area contributed by atoms with Crippen molar-refractivity contribution in [1.82, 2.24) is 9.97 Å². The highest BCUT2D eigenvalue weighted by Crippen LogP contribution is 2.51. The van der Waals surface area contributed by atoms with Gasteiger partial charge in [0.25, 0.3) is 0 Å². The number of halogens is 2. The molecule has 1 aromatic carbocycles. The fourth-order valence-electron chi connectivity index (χ4n) is 3.51. The molecule has 0 radical (unpaired) electrons. The molecule has 0 amide bonds. The predicted octanol–water partition coefficient (Wildman–Crippen LogP) is 2.54. The average Bonchev–Trinajstić information content (AvgIpc) is 3.56. The van der Waals surface area contributed by atoms with Gasteiger partial charge in [-0.05, 0) is 37.1 Å². The van der Waals surface area contributed by atoms with Crippen LogP contribution in [0.1, 0.15) is 18.5 Å². The first-order valence-corrected chi connectivity index (χ1v) is 11.2. The Hall–Kier alpha value is -2.17. The molecule has 1 saturated carbocycles. The molecule has 1 atom stereocenters. The van der Waals surface area contributed by atoms with Crippen LogP contribution in [0.4, 0.5) is 20.3 Å². The third kappa shape index (κ3) is 4.60. The summed E-state index contributed by atoms with van der Waals surface area (Å²) in [4.78, 5) is 11.6. The molecule has 2 N–H and O–H groups in total. The Morgan fingerprint density at radius 1 is 1.20 bits per heavy atom. The summed E-state index contributed by atoms with van der Waals surface area (Å²) >= 11 is 0. The van der Waals surface area contributed by atoms with E-state index < -0.39 is 22.2 Å². The van der Waals surface area contributed by atoms with E-state index in [0.717, 1.165) is 11.4 Å². The average molecular weight is 439 g/mol. The number of ether oxygens (including phenoxy) is 2. The number of hydrogen-bond donors (Lipinski definition) is 1. The van der Waals surface area contributed by atoms with Crippen molar-refractivity contribution >= 4 is 22.3 Å². The highest BCUT2D eigenvalue weighted by Gasteiger charge is 2.51. The van der Waals surface area contributed by atoms with Crippen LogP contribution in [0.3, 0.4) is 0 Å². The molecule has 0 spiro atoms. The van der Waals surface area contributed by atoms with Gasteiger partial charge in [0.15, 0.2) is 5.82 Å². The van der Waals surface area contributed by atoms with Gasteiger partial charge in [0.2, 0.25) is 0 Å². The summed E-state index contributed by atoms with van der Waals surface area (Å²) in [5, 5.41) is 0. The van der Waals surface area contributed by atoms with Crippen LogP contribution in [0.2, 0.25) is 0 Å². The normalized spacial score (nSPS) is 19.1. The van der Waals surface area contributed by atoms with Crippen LogP contribution in [0.25, 0.3) is 11.4 Å². The molecule has 2 heterocycles. The predicted molar refractivity (Wildman–Crippen MR) is 111 cm³/mol. The molecule has 2 aliphatic rings. The standard InChI is InChI=1S/C20H24F2N4O3S/c21-19(22)29-11-12-30(27)20(5-6-20)16-13-17(26-7-9-28-10-8-26)25-18(24-16)14-1-3-15(23)4-2-14/h1-4,13,19H,5-12,23H2. The van der Waals surface area contributed by atoms with Crippen LogP contribution in [-0.2, 0) is 25.0 Å². The van der Waals surface area contributed by atoms with Gasteiger partial charge >= 0.3 is 6.61 Å². The number of benzene rings is 1. The zero-order valence-corrected chi connectivity index (χ0v) is 17.2. The molecule has 30 heavy (non-hydrogen) atoms. The highest BCUT2D eigenvalue weighted by atomic mass is 32.2. The van der Waals surface area contributed by atoms with E-state index >= 15 is 0 Å². The molecule has 1 unspecified atom stereocenters. The van der Waals surface area contributed by atoms with E-state index in [9.17, 15) is 13.0 Å². The Kier molecular flexibility index (Phi) is 6.26. The Morgan fingerprint density at radius 2 is 1.90 bits per heavy atom. The van der Waals surface area contributed by atoms with Crippen molar-refractivity contribution in [2.45, 2.75) is 24.2 Å². The van der Waals surface area contributed by atoms with Gasteiger partial charge in [0.1, 0.15) is 5.82 Å². The van der Waals surface area contributed by atoms with E-state index in [1.807, 2.05) is 18.2 Å². The lowest BCUT2D eigenvalue weighted by Crippen LogP contribution is -2.37. The van der Waals surface area contributed by atoms with Gasteiger partial charge in [-0.25, -0.2) is 9.97 Å². The molecule has 1 aromatic heterocycles. The Balaban J connectivity index is 1.67. The van der Waals surface area contributed by atoms with Crippen molar-refractivity contribution in [3.63, 3.8) is 0 Å². The fourth-order valence-corrected chi connectivity index (χ4v) is 5.04. The van der Waals surface area contributed by atoms with Crippen molar-refractivity contribution in [3.8, 4) is 11.4 Å². The molecule has 10 heteroatoms. The minimum absolute atomic E-state index is 0.0401. The van der Waals surface area contributed by atoms with E-state index in [2.05, 4.69) is 9.64 Å². The second-order valence-electron chi connectivity index (χ2n) is 7.33. The number of nitrogens with two attached hydrogens (primary N) is 1. The minimum atomic E-state index is -2.86. The summed E-state index contributed by atoms with van der Waals surface area (Å²) in [7, 11) is -1.38. The zero-order valence-electron chi connectivity index (χ0n) is 16.4. The van der Waals surface area contributed by atoms with Gasteiger partial charge in [-0.1, -0.05) is 0 Å². The lowest BCUT2D eigenvalue weighted by molar-refractivity contribution is -0.123. The molecular weight excluding hydrogens is 414 g/mol. The van der Waals surface area contributed by atoms with Crippen LogP contribution in [0.5, 0.6) is 0 Å². The van der Waals surface area contributed by atoms with Crippen LogP contribution < -0.4 is 10.6 Å². The van der Waals surface area contributed by atoms with Crippen molar-refractivity contribution in [3.05, 3.63) is 36.0 Å². The number of morpholine rings is 1. The van der Waals surface area contributed by atoms with Gasteiger partial charge in [0, 0.05) is 47.0 Å². The monoisotopic (exact) mass is 438 g/mol. The number of nitrogen functional groups attached to an aromatic ring is 1. The van der Waals surface area contributed by atoms with E-state index in [1.165, 1.54) is 0 Å². The minimum Gasteiger partial charge on any atom is -0.399 e. The summed E-state index contributed by atoms with van der Waals surface area (Å²) < 4.78 is 46.6. The van der Waals surface area contributed by atoms with Crippen LogP contribution in [0, 0.1) is 0 Å². The lowest BCUT2D eigenvalue weighted by atomic mass is 10.1. The topological polar surface area (TPSA) is 90.6 Å². The summed E-state index contributed by atoms with van der Waals surface area (Å²) in [5.74, 6) is 1.32. The Labute approximate surface area is 176 Å². The molecule has 162 valence electrons. The maximum atomic E-state index is 13.0. The van der Waals surface area contributed by atoms with Crippen LogP contribution >= 0.6 is 0 Å². The number of hydrogen-bond acceptors (Lipinski definition) is 7. The number of alkyl halides is 2. The van der Waals surface area contributed by atoms with E-state index in [0.29, 0.717) is 56.4 Å². The first-order valence-electron chi connectivity index (χ1n) is 9.84. The first-order chi connectivity index (χ1) is 14.5. The van der Waals surface area contributed by atoms with Gasteiger partial charge in [-0.2, -0.15) is 8.78 Å². The fraction of sp³-hybridized carbons (Fsp3) is 0.500. The largest absolute Gasteiger partial charge is 0.399 e. The molecular formula is C20H24F2N4O3S. The van der Waals surface area contributed by atoms with Gasteiger partial charge < -0.3 is 20.1 Å². The van der Waals surface area contributed by atoms with Gasteiger partial charge in [0.05, 0.1) is 30.3 Å². The van der Waals surface area contributed by atoms with Crippen molar-refractivity contribution in [2.24, 2.45) is 0 Å². The van der Waals surface area contributed by atoms with Crippen LogP contribution in [0.15, 0.2) is 30.3 Å². The van der Waals surface area contributed by atoms with E-state index in [-0.39, 0.29) is 12.4 Å². The first kappa shape index (κ1) is 21.1. The summed E-state index contributed by atoms with van der Waals surface area (Å²) in [6, 6.07) is 9.15. The molecule has 0 bridgehead atoms. The number of rotatable bonds is 8. The maximum absolute atomic E-state index is 13.0. The highest BCUT2D eigenvalue weighted by molar-refractivity contribution is 7.86. The third-order valence-electron chi connectivity index (χ3n) is 5.34. The smallest absolute Gasteiger partial charge is 0.345 e. The van der Waals surface area contributed by atoms with Gasteiger partial charge in [-0.3, -0.25) is 4.21 Å². The number of nitrogens with zero attached hydrogens (tertiary/aromatic N) is 3. The van der Waals surface area contributed by atoms with Crippen molar-refractivity contribution in [2.75, 3.05) is 49.3 Å². The zero-order chi connectivity index (χ0) is 21.1. The molecule has 1 aliphatic carbocycles. The second kappa shape index (κ2) is 8.91. The van der Waals surface area contributed by atoms with E-state index in [4.69, 9.17) is 20.4 Å². The molecule has 2 fully saturated rings. The van der Waals surface area contributed by atoms with Crippen molar-refractivity contribution in [1.29, 1.82) is 0 Å². The van der Waals surface area contributed by atoms with Crippen LogP contribution in [-0.4, -0.2) is 59.5 Å². The molecule has 1 aliphatic heterocycles. The Morgan fingerprint density at radius 3 is 2.53 bits per heavy atom. The number of anilines is 2. The molecule has 2 aromatic rings. The molecule has 1 saturated heterocycles. The SMILES string of the molecule is Nc1ccc(-c2nc(N3CCOCC3)cc(C3(S(=O)CCOC(F)F)CC3)n2)cc1. The maximum Gasteiger partial charge on any atom is 0.345 e. The summed E-state index contributed by atoms with van der Waals surface area (Å²) in [6.45, 7) is -0.484. The van der Waals surface area contributed by atoms with Gasteiger partial charge in [-0.15, -0.1) is 0 Å². The second-order valence-corrected chi connectivity index (χ2v) is 9.21. The quantitative estimate of drug-likeness (QED) is 0.634. The summed E-state index contributed by atoms with van der Waals surface area (Å²) in [5.41, 5.74) is 7.93. The lowest BCUT2D eigenvalue weighted by Gasteiger charge is -2.29. The number of aromatic nitrogens is 2.